The minimum Gasteiger partial charge on any atom is -0.454 e. The second-order valence-electron chi connectivity index (χ2n) is 11.2. The van der Waals surface area contributed by atoms with Gasteiger partial charge >= 0.3 is 0 Å². The van der Waals surface area contributed by atoms with E-state index in [4.69, 9.17) is 9.15 Å². The summed E-state index contributed by atoms with van der Waals surface area (Å²) in [6.45, 7) is 3.02. The maximum absolute atomic E-state index is 15.4. The van der Waals surface area contributed by atoms with Crippen molar-refractivity contribution in [3.05, 3.63) is 89.9 Å². The molecule has 3 nitrogen and oxygen atoms in total. The first kappa shape index (κ1) is 23.6. The first-order chi connectivity index (χ1) is 18.6. The van der Waals surface area contributed by atoms with E-state index in [1.807, 2.05) is 31.4 Å². The van der Waals surface area contributed by atoms with Crippen LogP contribution in [0.3, 0.4) is 0 Å². The highest BCUT2D eigenvalue weighted by atomic mass is 19.1. The summed E-state index contributed by atoms with van der Waals surface area (Å²) in [5, 5.41) is 1.95. The van der Waals surface area contributed by atoms with Crippen molar-refractivity contribution >= 4 is 21.9 Å². The number of hydrogen-bond donors (Lipinski definition) is 0. The molecule has 0 spiro atoms. The van der Waals surface area contributed by atoms with Crippen LogP contribution in [0.4, 0.5) is 4.39 Å². The Morgan fingerprint density at radius 2 is 1.63 bits per heavy atom. The molecule has 192 valence electrons. The van der Waals surface area contributed by atoms with Crippen LogP contribution in [0.25, 0.3) is 44.3 Å². The van der Waals surface area contributed by atoms with Crippen LogP contribution < -0.4 is 4.57 Å². The Bertz CT molecular complexity index is 1650. The van der Waals surface area contributed by atoms with Gasteiger partial charge in [0.1, 0.15) is 24.0 Å². The number of halogens is 1. The van der Waals surface area contributed by atoms with Gasteiger partial charge < -0.3 is 9.15 Å². The maximum atomic E-state index is 15.4. The number of ether oxygens (including phenoxy) is 1. The van der Waals surface area contributed by atoms with Gasteiger partial charge in [-0.25, -0.2) is 8.96 Å². The molecule has 5 aromatic rings. The van der Waals surface area contributed by atoms with Gasteiger partial charge in [0, 0.05) is 29.5 Å². The molecule has 38 heavy (non-hydrogen) atoms. The Labute approximate surface area is 222 Å². The molecule has 1 saturated carbocycles. The number of benzene rings is 3. The third-order valence-corrected chi connectivity index (χ3v) is 8.91. The first-order valence-electron chi connectivity index (χ1n) is 13.9. The standard InChI is InChI=1S/C34H33FNO2/c1-21-8-15-26-27-16-17-28(35)32(34(27)38-33(26)31(21)29-6-3-4-18-36(29)2)23-11-9-22(10-12-23)24-13-14-25(20-24)30-7-5-19-37-30/h3-4,6,8-12,15-18,24-25,30H,5,7,13-14,19-20H2,1-2H3/q+1. The van der Waals surface area contributed by atoms with Crippen LogP contribution in [0.5, 0.6) is 0 Å². The molecule has 2 fully saturated rings. The summed E-state index contributed by atoms with van der Waals surface area (Å²) in [7, 11) is 2.04. The molecule has 3 aromatic carbocycles. The quantitative estimate of drug-likeness (QED) is 0.229. The summed E-state index contributed by atoms with van der Waals surface area (Å²) in [5.41, 5.74) is 7.39. The number of aromatic nitrogens is 1. The third kappa shape index (κ3) is 3.85. The van der Waals surface area contributed by atoms with Gasteiger partial charge in [0.25, 0.3) is 0 Å². The van der Waals surface area contributed by atoms with Gasteiger partial charge in [-0.15, -0.1) is 0 Å². The predicted octanol–water partition coefficient (Wildman–Crippen LogP) is 8.25. The highest BCUT2D eigenvalue weighted by Crippen LogP contribution is 2.44. The highest BCUT2D eigenvalue weighted by molar-refractivity contribution is 6.13. The Hall–Kier alpha value is -3.50. The summed E-state index contributed by atoms with van der Waals surface area (Å²) >= 11 is 0. The smallest absolute Gasteiger partial charge is 0.216 e. The zero-order chi connectivity index (χ0) is 25.8. The Kier molecular flexibility index (Phi) is 5.81. The Morgan fingerprint density at radius 1 is 0.842 bits per heavy atom. The highest BCUT2D eigenvalue weighted by Gasteiger charge is 2.34. The molecule has 2 aromatic heterocycles. The molecule has 0 N–H and O–H groups in total. The summed E-state index contributed by atoms with van der Waals surface area (Å²) in [5.74, 6) is 0.974. The number of pyridine rings is 1. The number of hydrogen-bond acceptors (Lipinski definition) is 2. The Balaban J connectivity index is 1.29. The van der Waals surface area contributed by atoms with Gasteiger partial charge in [-0.1, -0.05) is 36.4 Å². The lowest BCUT2D eigenvalue weighted by molar-refractivity contribution is -0.660. The van der Waals surface area contributed by atoms with Crippen molar-refractivity contribution in [3.63, 3.8) is 0 Å². The minimum absolute atomic E-state index is 0.257. The van der Waals surface area contributed by atoms with Crippen LogP contribution in [0.15, 0.2) is 77.3 Å². The topological polar surface area (TPSA) is 26.2 Å². The lowest BCUT2D eigenvalue weighted by Crippen LogP contribution is -2.30. The average molecular weight is 507 g/mol. The van der Waals surface area contributed by atoms with Crippen molar-refractivity contribution in [2.45, 2.75) is 51.0 Å². The summed E-state index contributed by atoms with van der Waals surface area (Å²) in [6, 6.07) is 22.3. The van der Waals surface area contributed by atoms with Crippen LogP contribution in [0, 0.1) is 18.7 Å². The molecule has 3 atom stereocenters. The molecule has 3 unspecified atom stereocenters. The van der Waals surface area contributed by atoms with Crippen LogP contribution in [0.1, 0.15) is 49.1 Å². The predicted molar refractivity (Wildman–Crippen MR) is 150 cm³/mol. The zero-order valence-electron chi connectivity index (χ0n) is 22.0. The lowest BCUT2D eigenvalue weighted by atomic mass is 9.92. The van der Waals surface area contributed by atoms with E-state index >= 15 is 4.39 Å². The van der Waals surface area contributed by atoms with Gasteiger partial charge in [-0.05, 0) is 85.8 Å². The van der Waals surface area contributed by atoms with Gasteiger partial charge in [-0.3, -0.25) is 0 Å². The largest absolute Gasteiger partial charge is 0.454 e. The van der Waals surface area contributed by atoms with E-state index < -0.39 is 0 Å². The Morgan fingerprint density at radius 3 is 2.39 bits per heavy atom. The first-order valence-corrected chi connectivity index (χ1v) is 13.9. The number of rotatable bonds is 4. The van der Waals surface area contributed by atoms with Crippen LogP contribution in [-0.2, 0) is 11.8 Å². The summed E-state index contributed by atoms with van der Waals surface area (Å²) in [4.78, 5) is 0. The fourth-order valence-corrected chi connectivity index (χ4v) is 6.90. The molecule has 1 saturated heterocycles. The van der Waals surface area contributed by atoms with Gasteiger partial charge in [0.2, 0.25) is 5.69 Å². The number of fused-ring (bicyclic) bond motifs is 3. The molecule has 0 radical (unpaired) electrons. The van der Waals surface area contributed by atoms with Crippen molar-refractivity contribution in [1.29, 1.82) is 0 Å². The van der Waals surface area contributed by atoms with E-state index in [0.717, 1.165) is 45.3 Å². The third-order valence-electron chi connectivity index (χ3n) is 8.91. The van der Waals surface area contributed by atoms with E-state index in [-0.39, 0.29) is 5.82 Å². The molecule has 1 aliphatic heterocycles. The van der Waals surface area contributed by atoms with Crippen molar-refractivity contribution in [2.75, 3.05) is 6.61 Å². The maximum Gasteiger partial charge on any atom is 0.216 e. The van der Waals surface area contributed by atoms with Crippen molar-refractivity contribution in [1.82, 2.24) is 0 Å². The zero-order valence-corrected chi connectivity index (χ0v) is 22.0. The lowest BCUT2D eigenvalue weighted by Gasteiger charge is -2.18. The SMILES string of the molecule is Cc1ccc2c(oc3c(-c4ccc(C5CCC(C6CCCO6)C5)cc4)c(F)ccc32)c1-c1cccc[n+]1C. The number of furan rings is 1. The molecule has 1 aliphatic carbocycles. The molecule has 7 rings (SSSR count). The molecular weight excluding hydrogens is 473 g/mol. The fourth-order valence-electron chi connectivity index (χ4n) is 6.90. The number of nitrogens with zero attached hydrogens (tertiary/aromatic N) is 1. The van der Waals surface area contributed by atoms with E-state index in [1.54, 1.807) is 6.07 Å². The van der Waals surface area contributed by atoms with Crippen LogP contribution in [-0.4, -0.2) is 12.7 Å². The molecular formula is C34H33FNO2+. The van der Waals surface area contributed by atoms with Crippen molar-refractivity contribution in [2.24, 2.45) is 13.0 Å². The van der Waals surface area contributed by atoms with Gasteiger partial charge in [0.05, 0.1) is 17.2 Å². The minimum atomic E-state index is -0.257. The fraction of sp³-hybridized carbons (Fsp3) is 0.324. The molecule has 2 aliphatic rings. The summed E-state index contributed by atoms with van der Waals surface area (Å²) < 4.78 is 30.1. The van der Waals surface area contributed by atoms with E-state index in [1.165, 1.54) is 37.7 Å². The monoisotopic (exact) mass is 506 g/mol. The molecule has 3 heterocycles. The van der Waals surface area contributed by atoms with Crippen molar-refractivity contribution in [3.8, 4) is 22.4 Å². The average Bonchev–Trinajstić information content (AvgIpc) is 3.69. The molecule has 0 bridgehead atoms. The van der Waals surface area contributed by atoms with E-state index in [0.29, 0.717) is 29.1 Å². The second-order valence-corrected chi connectivity index (χ2v) is 11.2. The molecule has 0 amide bonds. The molecule has 4 heteroatoms. The van der Waals surface area contributed by atoms with Crippen molar-refractivity contribution < 1.29 is 18.1 Å². The second kappa shape index (κ2) is 9.36. The number of aryl methyl sites for hydroxylation is 2. The van der Waals surface area contributed by atoms with E-state index in [9.17, 15) is 0 Å². The van der Waals surface area contributed by atoms with E-state index in [2.05, 4.69) is 54.0 Å². The van der Waals surface area contributed by atoms with Crippen LogP contribution >= 0.6 is 0 Å². The summed E-state index contributed by atoms with van der Waals surface area (Å²) in [6.07, 6.45) is 8.53. The van der Waals surface area contributed by atoms with Gasteiger partial charge in [0.15, 0.2) is 6.20 Å². The van der Waals surface area contributed by atoms with Gasteiger partial charge in [-0.2, -0.15) is 0 Å². The normalized spacial score (nSPS) is 21.6. The van der Waals surface area contributed by atoms with Crippen LogP contribution in [0.2, 0.25) is 0 Å².